The zero-order chi connectivity index (χ0) is 55.7. The average Bonchev–Trinajstić information content (AvgIpc) is 3.37. The first-order valence-electron chi connectivity index (χ1n) is 22.2. The Kier molecular flexibility index (Phi) is 13.8. The van der Waals surface area contributed by atoms with Crippen molar-refractivity contribution in [2.24, 2.45) is 4.99 Å². The van der Waals surface area contributed by atoms with Crippen molar-refractivity contribution in [1.29, 1.82) is 0 Å². The second kappa shape index (κ2) is 19.4. The predicted octanol–water partition coefficient (Wildman–Crippen LogP) is 8.93. The number of anilines is 4. The minimum absolute atomic E-state index is 0.0202. The van der Waals surface area contributed by atoms with E-state index < -0.39 is 99.8 Å². The molecule has 2 aliphatic rings. The number of phenols is 2. The molecule has 0 saturated carbocycles. The first-order valence-corrected chi connectivity index (χ1v) is 28.0. The highest BCUT2D eigenvalue weighted by Gasteiger charge is 2.29. The third-order valence-electron chi connectivity index (χ3n) is 12.4. The summed E-state index contributed by atoms with van der Waals surface area (Å²) in [6.45, 7) is 9.68. The quantitative estimate of drug-likeness (QED) is 0.0362. The van der Waals surface area contributed by atoms with Crippen LogP contribution in [0.2, 0.25) is 0 Å². The number of hydrogen-bond acceptors (Lipinski definition) is 15. The van der Waals surface area contributed by atoms with Gasteiger partial charge in [0.2, 0.25) is 0 Å². The molecule has 0 unspecified atom stereocenters. The monoisotopic (exact) mass is 1110 g/mol. The van der Waals surface area contributed by atoms with Crippen LogP contribution in [0.3, 0.4) is 0 Å². The maximum absolute atomic E-state index is 13.7. The Hall–Kier alpha value is -8.33. The van der Waals surface area contributed by atoms with E-state index in [4.69, 9.17) is 4.42 Å². The molecule has 76 heavy (non-hydrogen) atoms. The summed E-state index contributed by atoms with van der Waals surface area (Å²) in [6.07, 6.45) is 0. The second-order valence-electron chi connectivity index (χ2n) is 17.6. The zero-order valence-electron chi connectivity index (χ0n) is 40.6. The summed E-state index contributed by atoms with van der Waals surface area (Å²) >= 11 is 0. The van der Waals surface area contributed by atoms with Crippen molar-refractivity contribution in [3.05, 3.63) is 153 Å². The first-order chi connectivity index (χ1) is 35.4. The molecule has 0 atom stereocenters. The van der Waals surface area contributed by atoms with E-state index in [0.29, 0.717) is 39.2 Å². The number of aromatic carboxylic acids is 2. The standard InChI is InChI=1S/C51H44N4O17S4/c1-24-17-26(3)48(54-73(62,63)31-12-15-39(56)35(20-31)50(58)59)28(5)46(24)52-30-11-14-33-41(19-30)72-42-23-38(44(76(69,70)71)22-37(42)45(33)34-9-7-8-10-43(34)75(66,67)68)53-47-25(2)18-27(4)49(29(47)6)55-74(64,65)32-13-16-40(57)36(21-32)51(60)61/h7-23,52,54-57H,1-6H3,(H,58,59)(H,60,61)(H,66,67,68)(H,69,70,71). The number of sulfonamides is 2. The number of carboxylic acid groups (broad SMARTS) is 2. The summed E-state index contributed by atoms with van der Waals surface area (Å²) in [6, 6.07) is 20.8. The largest absolute Gasteiger partial charge is 0.507 e. The molecule has 8 rings (SSSR count). The molecule has 0 saturated heterocycles. The van der Waals surface area contributed by atoms with Gasteiger partial charge < -0.3 is 30.2 Å². The van der Waals surface area contributed by atoms with Gasteiger partial charge in [0, 0.05) is 45.6 Å². The highest BCUT2D eigenvalue weighted by molar-refractivity contribution is 7.93. The lowest BCUT2D eigenvalue weighted by molar-refractivity contribution is 0.0682. The SMILES string of the molecule is Cc1cc(C)c(NS(=O)(=O)c2ccc(O)c(C(=O)O)c2)c(C)c1N=c1cc2oc3cc(Nc4c(C)cc(C)c(NS(=O)(=O)c5ccc(O)c(C(=O)O)c5)c4C)ccc3c(-c3ccccc3S(=O)(=O)O)c-2cc1S(=O)(=O)O. The lowest BCUT2D eigenvalue weighted by atomic mass is 9.93. The molecule has 0 amide bonds. The number of aromatic hydroxyl groups is 2. The van der Waals surface area contributed by atoms with Crippen molar-refractivity contribution in [3.8, 4) is 33.9 Å². The lowest BCUT2D eigenvalue weighted by Gasteiger charge is -2.21. The molecule has 25 heteroatoms. The summed E-state index contributed by atoms with van der Waals surface area (Å²) in [5.41, 5.74) is 1.87. The molecule has 1 aliphatic carbocycles. The number of carbonyl (C=O) groups is 2. The van der Waals surface area contributed by atoms with Crippen LogP contribution in [-0.4, -0.2) is 75.1 Å². The molecule has 1 heterocycles. The van der Waals surface area contributed by atoms with E-state index in [-0.39, 0.29) is 56.0 Å². The summed E-state index contributed by atoms with van der Waals surface area (Å²) in [4.78, 5) is 25.7. The molecular formula is C51H44N4O17S4. The van der Waals surface area contributed by atoms with Crippen molar-refractivity contribution in [1.82, 2.24) is 0 Å². The zero-order valence-corrected chi connectivity index (χ0v) is 43.8. The van der Waals surface area contributed by atoms with Gasteiger partial charge in [0.15, 0.2) is 0 Å². The van der Waals surface area contributed by atoms with E-state index in [1.54, 1.807) is 46.8 Å². The number of nitrogens with zero attached hydrogens (tertiary/aromatic N) is 1. The van der Waals surface area contributed by atoms with E-state index in [1.165, 1.54) is 43.3 Å². The molecule has 0 fully saturated rings. The fourth-order valence-corrected chi connectivity index (χ4v) is 12.6. The summed E-state index contributed by atoms with van der Waals surface area (Å²) in [5, 5.41) is 42.0. The van der Waals surface area contributed by atoms with Crippen LogP contribution in [-0.2, 0) is 40.3 Å². The fraction of sp³-hybridized carbons (Fsp3) is 0.118. The maximum Gasteiger partial charge on any atom is 0.339 e. The Labute approximate surface area is 434 Å². The Morgan fingerprint density at radius 1 is 0.539 bits per heavy atom. The van der Waals surface area contributed by atoms with Crippen LogP contribution in [0.15, 0.2) is 132 Å². The van der Waals surface area contributed by atoms with E-state index in [0.717, 1.165) is 54.6 Å². The Bertz CT molecular complexity index is 4350. The molecular weight excluding hydrogens is 1070 g/mol. The van der Waals surface area contributed by atoms with Crippen LogP contribution in [0.5, 0.6) is 11.5 Å². The normalized spacial score (nSPS) is 12.5. The number of rotatable bonds is 14. The van der Waals surface area contributed by atoms with E-state index >= 15 is 0 Å². The molecule has 21 nitrogen and oxygen atoms in total. The van der Waals surface area contributed by atoms with E-state index in [2.05, 4.69) is 19.8 Å². The van der Waals surface area contributed by atoms with Crippen molar-refractivity contribution in [3.63, 3.8) is 0 Å². The minimum atomic E-state index is -5.22. The molecule has 0 spiro atoms. The van der Waals surface area contributed by atoms with Gasteiger partial charge in [-0.3, -0.25) is 18.5 Å². The number of nitrogens with one attached hydrogen (secondary N) is 3. The topological polar surface area (TPSA) is 354 Å². The number of aryl methyl sites for hydroxylation is 4. The summed E-state index contributed by atoms with van der Waals surface area (Å²) < 4.78 is 140. The van der Waals surface area contributed by atoms with Gasteiger partial charge in [-0.05, 0) is 136 Å². The molecule has 0 radical (unpaired) electrons. The van der Waals surface area contributed by atoms with E-state index in [9.17, 15) is 72.8 Å². The molecule has 394 valence electrons. The van der Waals surface area contributed by atoms with Gasteiger partial charge in [0.05, 0.1) is 32.2 Å². The number of benzene rings is 7. The molecule has 6 aromatic rings. The Morgan fingerprint density at radius 2 is 1.05 bits per heavy atom. The third-order valence-corrected chi connectivity index (χ3v) is 16.9. The van der Waals surface area contributed by atoms with Gasteiger partial charge in [-0.2, -0.15) is 16.8 Å². The Balaban J connectivity index is 1.32. The lowest BCUT2D eigenvalue weighted by Crippen LogP contribution is -2.17. The third kappa shape index (κ3) is 10.3. The van der Waals surface area contributed by atoms with Gasteiger partial charge in [-0.1, -0.05) is 30.3 Å². The summed E-state index contributed by atoms with van der Waals surface area (Å²) in [5.74, 6) is -4.58. The van der Waals surface area contributed by atoms with E-state index in [1.807, 2.05) is 0 Å². The average molecular weight is 1110 g/mol. The number of carboxylic acids is 2. The van der Waals surface area contributed by atoms with Crippen molar-refractivity contribution < 1.29 is 77.2 Å². The first kappa shape index (κ1) is 53.9. The highest BCUT2D eigenvalue weighted by atomic mass is 32.2. The molecule has 9 N–H and O–H groups in total. The molecule has 0 bridgehead atoms. The molecule has 1 aliphatic heterocycles. The maximum atomic E-state index is 13.7. The van der Waals surface area contributed by atoms with Gasteiger partial charge >= 0.3 is 11.9 Å². The smallest absolute Gasteiger partial charge is 0.339 e. The van der Waals surface area contributed by atoms with Crippen LogP contribution < -0.4 is 20.1 Å². The van der Waals surface area contributed by atoms with Gasteiger partial charge in [-0.15, -0.1) is 0 Å². The number of fused-ring (bicyclic) bond motifs is 2. The predicted molar refractivity (Wildman–Crippen MR) is 279 cm³/mol. The van der Waals surface area contributed by atoms with Crippen molar-refractivity contribution in [2.75, 3.05) is 14.8 Å². The van der Waals surface area contributed by atoms with Gasteiger partial charge in [0.1, 0.15) is 43.8 Å². The second-order valence-corrected chi connectivity index (χ2v) is 23.8. The van der Waals surface area contributed by atoms with Crippen molar-refractivity contribution >= 4 is 91.6 Å². The molecule has 6 aromatic carbocycles. The Morgan fingerprint density at radius 3 is 1.59 bits per heavy atom. The highest BCUT2D eigenvalue weighted by Crippen LogP contribution is 2.45. The van der Waals surface area contributed by atoms with Crippen LogP contribution >= 0.6 is 0 Å². The number of hydrogen-bond donors (Lipinski definition) is 9. The van der Waals surface area contributed by atoms with Crippen LogP contribution in [0.1, 0.15) is 54.1 Å². The van der Waals surface area contributed by atoms with Crippen LogP contribution in [0.25, 0.3) is 33.4 Å². The van der Waals surface area contributed by atoms with Crippen molar-refractivity contribution in [2.45, 2.75) is 61.1 Å². The van der Waals surface area contributed by atoms with Crippen LogP contribution in [0, 0.1) is 41.5 Å². The minimum Gasteiger partial charge on any atom is -0.507 e. The fourth-order valence-electron chi connectivity index (χ4n) is 8.86. The molecule has 0 aromatic heterocycles. The van der Waals surface area contributed by atoms with Crippen LogP contribution in [0.4, 0.5) is 28.4 Å². The summed E-state index contributed by atoms with van der Waals surface area (Å²) in [7, 11) is -19.2. The van der Waals surface area contributed by atoms with Gasteiger partial charge in [-0.25, -0.2) is 31.4 Å². The van der Waals surface area contributed by atoms with Gasteiger partial charge in [0.25, 0.3) is 40.3 Å².